The Balaban J connectivity index is 2.66. The third-order valence-electron chi connectivity index (χ3n) is 2.92. The lowest BCUT2D eigenvalue weighted by atomic mass is 10.1. The summed E-state index contributed by atoms with van der Waals surface area (Å²) in [4.78, 5) is 0. The number of hydrogen-bond acceptors (Lipinski definition) is 2. The SMILES string of the molecule is CC(C)n1cc(C(N)CO)c2ccccc21. The molecule has 0 aliphatic heterocycles. The molecule has 1 aromatic carbocycles. The van der Waals surface area contributed by atoms with Crippen LogP contribution in [0.1, 0.15) is 31.5 Å². The molecule has 1 atom stereocenters. The molecule has 3 N–H and O–H groups in total. The van der Waals surface area contributed by atoms with Gasteiger partial charge in [0.15, 0.2) is 0 Å². The smallest absolute Gasteiger partial charge is 0.0625 e. The van der Waals surface area contributed by atoms with Gasteiger partial charge in [0.2, 0.25) is 0 Å². The third-order valence-corrected chi connectivity index (χ3v) is 2.92. The van der Waals surface area contributed by atoms with Crippen molar-refractivity contribution >= 4 is 10.9 Å². The fraction of sp³-hybridized carbons (Fsp3) is 0.385. The van der Waals surface area contributed by atoms with Crippen LogP contribution >= 0.6 is 0 Å². The Bertz CT molecular complexity index is 488. The molecule has 0 amide bonds. The highest BCUT2D eigenvalue weighted by molar-refractivity contribution is 5.84. The highest BCUT2D eigenvalue weighted by Crippen LogP contribution is 2.27. The molecule has 0 radical (unpaired) electrons. The van der Waals surface area contributed by atoms with Crippen LogP contribution < -0.4 is 5.73 Å². The summed E-state index contributed by atoms with van der Waals surface area (Å²) >= 11 is 0. The van der Waals surface area contributed by atoms with Gasteiger partial charge in [-0.2, -0.15) is 0 Å². The number of fused-ring (bicyclic) bond motifs is 1. The maximum Gasteiger partial charge on any atom is 0.0625 e. The zero-order valence-corrected chi connectivity index (χ0v) is 9.72. The molecule has 0 saturated carbocycles. The molecular weight excluding hydrogens is 200 g/mol. The van der Waals surface area contributed by atoms with Crippen LogP contribution in [-0.2, 0) is 0 Å². The summed E-state index contributed by atoms with van der Waals surface area (Å²) in [5.74, 6) is 0. The van der Waals surface area contributed by atoms with Crippen molar-refractivity contribution in [1.82, 2.24) is 4.57 Å². The number of aliphatic hydroxyl groups excluding tert-OH is 1. The fourth-order valence-corrected chi connectivity index (χ4v) is 2.05. The van der Waals surface area contributed by atoms with Gasteiger partial charge in [-0.15, -0.1) is 0 Å². The lowest BCUT2D eigenvalue weighted by Gasteiger charge is -2.08. The van der Waals surface area contributed by atoms with Crippen LogP contribution in [0.25, 0.3) is 10.9 Å². The van der Waals surface area contributed by atoms with Crippen molar-refractivity contribution in [3.8, 4) is 0 Å². The van der Waals surface area contributed by atoms with Crippen LogP contribution in [0.4, 0.5) is 0 Å². The van der Waals surface area contributed by atoms with Crippen molar-refractivity contribution in [3.63, 3.8) is 0 Å². The summed E-state index contributed by atoms with van der Waals surface area (Å²) in [7, 11) is 0. The maximum absolute atomic E-state index is 9.16. The van der Waals surface area contributed by atoms with Crippen LogP contribution in [0.5, 0.6) is 0 Å². The standard InChI is InChI=1S/C13H18N2O/c1-9(2)15-7-11(12(14)8-16)10-5-3-4-6-13(10)15/h3-7,9,12,16H,8,14H2,1-2H3. The van der Waals surface area contributed by atoms with E-state index in [-0.39, 0.29) is 12.6 Å². The summed E-state index contributed by atoms with van der Waals surface area (Å²) in [6, 6.07) is 8.26. The number of nitrogens with two attached hydrogens (primary N) is 1. The van der Waals surface area contributed by atoms with Crippen molar-refractivity contribution in [1.29, 1.82) is 0 Å². The summed E-state index contributed by atoms with van der Waals surface area (Å²) in [5, 5.41) is 10.3. The van der Waals surface area contributed by atoms with Crippen molar-refractivity contribution in [2.45, 2.75) is 25.9 Å². The molecule has 0 bridgehead atoms. The van der Waals surface area contributed by atoms with Crippen molar-refractivity contribution in [2.75, 3.05) is 6.61 Å². The predicted octanol–water partition coefficient (Wildman–Crippen LogP) is 2.21. The summed E-state index contributed by atoms with van der Waals surface area (Å²) < 4.78 is 2.19. The van der Waals surface area contributed by atoms with Gasteiger partial charge >= 0.3 is 0 Å². The topological polar surface area (TPSA) is 51.2 Å². The maximum atomic E-state index is 9.16. The highest BCUT2D eigenvalue weighted by atomic mass is 16.3. The third kappa shape index (κ3) is 1.72. The Labute approximate surface area is 95.5 Å². The van der Waals surface area contributed by atoms with Crippen LogP contribution in [0.2, 0.25) is 0 Å². The van der Waals surface area contributed by atoms with Crippen LogP contribution in [0.15, 0.2) is 30.5 Å². The first-order chi connectivity index (χ1) is 7.65. The van der Waals surface area contributed by atoms with E-state index in [0.29, 0.717) is 6.04 Å². The Kier molecular flexibility index (Phi) is 2.99. The molecule has 0 spiro atoms. The Hall–Kier alpha value is -1.32. The molecular formula is C13H18N2O. The van der Waals surface area contributed by atoms with E-state index < -0.39 is 0 Å². The molecule has 0 saturated heterocycles. The zero-order chi connectivity index (χ0) is 11.7. The van der Waals surface area contributed by atoms with Gasteiger partial charge in [-0.25, -0.2) is 0 Å². The van der Waals surface area contributed by atoms with Gasteiger partial charge in [-0.05, 0) is 25.5 Å². The summed E-state index contributed by atoms with van der Waals surface area (Å²) in [6.07, 6.45) is 2.05. The molecule has 0 aliphatic rings. The average molecular weight is 218 g/mol. The number of nitrogens with zero attached hydrogens (tertiary/aromatic N) is 1. The van der Waals surface area contributed by atoms with Gasteiger partial charge in [0.1, 0.15) is 0 Å². The largest absolute Gasteiger partial charge is 0.394 e. The van der Waals surface area contributed by atoms with E-state index in [1.807, 2.05) is 12.1 Å². The molecule has 86 valence electrons. The predicted molar refractivity (Wildman–Crippen MR) is 66.3 cm³/mol. The second-order valence-corrected chi connectivity index (χ2v) is 4.39. The molecule has 0 aliphatic carbocycles. The second kappa shape index (κ2) is 4.28. The molecule has 2 aromatic rings. The number of aliphatic hydroxyl groups is 1. The normalized spacial score (nSPS) is 13.6. The number of para-hydroxylation sites is 1. The average Bonchev–Trinajstić information content (AvgIpc) is 2.67. The molecule has 1 heterocycles. The molecule has 16 heavy (non-hydrogen) atoms. The lowest BCUT2D eigenvalue weighted by Crippen LogP contribution is -2.14. The molecule has 2 rings (SSSR count). The van der Waals surface area contributed by atoms with Crippen LogP contribution in [0.3, 0.4) is 0 Å². The summed E-state index contributed by atoms with van der Waals surface area (Å²) in [5.41, 5.74) is 8.11. The first-order valence-corrected chi connectivity index (χ1v) is 5.61. The van der Waals surface area contributed by atoms with E-state index in [1.54, 1.807) is 0 Å². The number of rotatable bonds is 3. The van der Waals surface area contributed by atoms with Gasteiger partial charge < -0.3 is 15.4 Å². The quantitative estimate of drug-likeness (QED) is 0.830. The monoisotopic (exact) mass is 218 g/mol. The number of aromatic nitrogens is 1. The van der Waals surface area contributed by atoms with E-state index in [9.17, 15) is 0 Å². The van der Waals surface area contributed by atoms with Crippen LogP contribution in [0, 0.1) is 0 Å². The minimum absolute atomic E-state index is 0.0217. The van der Waals surface area contributed by atoms with Crippen LogP contribution in [-0.4, -0.2) is 16.3 Å². The molecule has 3 heteroatoms. The Morgan fingerprint density at radius 2 is 2.00 bits per heavy atom. The van der Waals surface area contributed by atoms with E-state index in [0.717, 1.165) is 10.9 Å². The van der Waals surface area contributed by atoms with Crippen molar-refractivity contribution < 1.29 is 5.11 Å². The molecule has 0 fully saturated rings. The fourth-order valence-electron chi connectivity index (χ4n) is 2.05. The summed E-state index contributed by atoms with van der Waals surface area (Å²) in [6.45, 7) is 4.26. The Morgan fingerprint density at radius 1 is 1.31 bits per heavy atom. The molecule has 3 nitrogen and oxygen atoms in total. The van der Waals surface area contributed by atoms with Gasteiger partial charge in [0.25, 0.3) is 0 Å². The second-order valence-electron chi connectivity index (χ2n) is 4.39. The van der Waals surface area contributed by atoms with Gasteiger partial charge in [0, 0.05) is 23.1 Å². The van der Waals surface area contributed by atoms with Crippen molar-refractivity contribution in [3.05, 3.63) is 36.0 Å². The highest BCUT2D eigenvalue weighted by Gasteiger charge is 2.14. The first-order valence-electron chi connectivity index (χ1n) is 5.61. The van der Waals surface area contributed by atoms with Gasteiger partial charge in [0.05, 0.1) is 12.6 Å². The minimum atomic E-state index is -0.301. The lowest BCUT2D eigenvalue weighted by molar-refractivity contribution is 0.268. The zero-order valence-electron chi connectivity index (χ0n) is 9.72. The number of hydrogen-bond donors (Lipinski definition) is 2. The van der Waals surface area contributed by atoms with E-state index >= 15 is 0 Å². The van der Waals surface area contributed by atoms with E-state index in [2.05, 4.69) is 36.7 Å². The minimum Gasteiger partial charge on any atom is -0.394 e. The van der Waals surface area contributed by atoms with Gasteiger partial charge in [-0.3, -0.25) is 0 Å². The Morgan fingerprint density at radius 3 is 2.62 bits per heavy atom. The molecule has 1 aromatic heterocycles. The first kappa shape index (κ1) is 11.2. The number of benzene rings is 1. The van der Waals surface area contributed by atoms with Crippen molar-refractivity contribution in [2.24, 2.45) is 5.73 Å². The van der Waals surface area contributed by atoms with Gasteiger partial charge in [-0.1, -0.05) is 18.2 Å². The van der Waals surface area contributed by atoms with E-state index in [4.69, 9.17) is 10.8 Å². The molecule has 1 unspecified atom stereocenters. The van der Waals surface area contributed by atoms with E-state index in [1.165, 1.54) is 5.52 Å².